The zero-order chi connectivity index (χ0) is 13.2. The Hall–Kier alpha value is -0.950. The van der Waals surface area contributed by atoms with Crippen LogP contribution in [-0.2, 0) is 25.1 Å². The molecule has 0 spiro atoms. The van der Waals surface area contributed by atoms with Gasteiger partial charge in [-0.15, -0.1) is 0 Å². The van der Waals surface area contributed by atoms with E-state index in [0.717, 1.165) is 12.0 Å². The maximum atomic E-state index is 11.4. The standard InChI is InChI=1S/C12H17NO4S/c1-18(14,15)11-5-3-10(4-6-11)12(9-13)16-7-2-8-17-12/h3-6H,2,7-9,13H2,1H3. The van der Waals surface area contributed by atoms with E-state index < -0.39 is 15.6 Å². The summed E-state index contributed by atoms with van der Waals surface area (Å²) in [5.41, 5.74) is 6.47. The molecule has 1 aliphatic heterocycles. The van der Waals surface area contributed by atoms with Gasteiger partial charge >= 0.3 is 0 Å². The summed E-state index contributed by atoms with van der Waals surface area (Å²) in [5, 5.41) is 0. The minimum Gasteiger partial charge on any atom is -0.345 e. The summed E-state index contributed by atoms with van der Waals surface area (Å²) in [6.07, 6.45) is 2.01. The van der Waals surface area contributed by atoms with Gasteiger partial charge in [0.2, 0.25) is 5.79 Å². The van der Waals surface area contributed by atoms with Crippen LogP contribution in [0.1, 0.15) is 12.0 Å². The van der Waals surface area contributed by atoms with Crippen LogP contribution in [0, 0.1) is 0 Å². The minimum atomic E-state index is -3.19. The van der Waals surface area contributed by atoms with Gasteiger partial charge in [-0.05, 0) is 18.6 Å². The Morgan fingerprint density at radius 3 is 2.22 bits per heavy atom. The van der Waals surface area contributed by atoms with Crippen molar-refractivity contribution in [3.8, 4) is 0 Å². The summed E-state index contributed by atoms with van der Waals surface area (Å²) >= 11 is 0. The van der Waals surface area contributed by atoms with Crippen molar-refractivity contribution < 1.29 is 17.9 Å². The van der Waals surface area contributed by atoms with Crippen LogP contribution in [0.4, 0.5) is 0 Å². The second-order valence-corrected chi connectivity index (χ2v) is 6.32. The summed E-state index contributed by atoms with van der Waals surface area (Å²) in [6.45, 7) is 1.38. The lowest BCUT2D eigenvalue weighted by Gasteiger charge is -2.36. The molecule has 1 aromatic carbocycles. The van der Waals surface area contributed by atoms with Crippen LogP contribution in [-0.4, -0.2) is 34.4 Å². The third-order valence-corrected chi connectivity index (χ3v) is 4.08. The molecule has 1 saturated heterocycles. The Kier molecular flexibility index (Phi) is 3.72. The lowest BCUT2D eigenvalue weighted by Crippen LogP contribution is -2.44. The number of hydrogen-bond acceptors (Lipinski definition) is 5. The predicted molar refractivity (Wildman–Crippen MR) is 66.8 cm³/mol. The number of ether oxygens (including phenoxy) is 2. The molecule has 1 aliphatic rings. The lowest BCUT2D eigenvalue weighted by atomic mass is 10.1. The van der Waals surface area contributed by atoms with Crippen molar-refractivity contribution in [1.29, 1.82) is 0 Å². The van der Waals surface area contributed by atoms with Crippen LogP contribution in [0.15, 0.2) is 29.2 Å². The first-order valence-corrected chi connectivity index (χ1v) is 7.66. The molecule has 1 fully saturated rings. The molecular weight excluding hydrogens is 254 g/mol. The van der Waals surface area contributed by atoms with Crippen LogP contribution >= 0.6 is 0 Å². The van der Waals surface area contributed by atoms with Crippen molar-refractivity contribution in [2.24, 2.45) is 5.73 Å². The van der Waals surface area contributed by atoms with E-state index in [1.165, 1.54) is 6.26 Å². The van der Waals surface area contributed by atoms with Crippen molar-refractivity contribution in [3.63, 3.8) is 0 Å². The van der Waals surface area contributed by atoms with E-state index >= 15 is 0 Å². The SMILES string of the molecule is CS(=O)(=O)c1ccc(C2(CN)OCCCO2)cc1. The van der Waals surface area contributed by atoms with Crippen LogP contribution < -0.4 is 5.73 Å². The Labute approximate surface area is 107 Å². The Balaban J connectivity index is 2.33. The van der Waals surface area contributed by atoms with Crippen LogP contribution in [0.25, 0.3) is 0 Å². The molecule has 0 unspecified atom stereocenters. The third kappa shape index (κ3) is 2.56. The first kappa shape index (κ1) is 13.5. The number of rotatable bonds is 3. The molecule has 5 nitrogen and oxygen atoms in total. The number of hydrogen-bond donors (Lipinski definition) is 1. The highest BCUT2D eigenvalue weighted by molar-refractivity contribution is 7.90. The van der Waals surface area contributed by atoms with Crippen LogP contribution in [0.2, 0.25) is 0 Å². The van der Waals surface area contributed by atoms with Gasteiger partial charge in [-0.2, -0.15) is 0 Å². The molecule has 0 aliphatic carbocycles. The molecule has 1 aromatic rings. The molecule has 6 heteroatoms. The van der Waals surface area contributed by atoms with Gasteiger partial charge in [0.25, 0.3) is 0 Å². The van der Waals surface area contributed by atoms with Crippen molar-refractivity contribution in [2.45, 2.75) is 17.1 Å². The fourth-order valence-corrected chi connectivity index (χ4v) is 2.56. The average molecular weight is 271 g/mol. The molecule has 2 N–H and O–H groups in total. The van der Waals surface area contributed by atoms with E-state index in [1.807, 2.05) is 0 Å². The van der Waals surface area contributed by atoms with Crippen molar-refractivity contribution >= 4 is 9.84 Å². The Morgan fingerprint density at radius 2 is 1.78 bits per heavy atom. The predicted octanol–water partition coefficient (Wildman–Crippen LogP) is 0.638. The van der Waals surface area contributed by atoms with E-state index in [4.69, 9.17) is 15.2 Å². The highest BCUT2D eigenvalue weighted by Gasteiger charge is 2.35. The largest absolute Gasteiger partial charge is 0.345 e. The fraction of sp³-hybridized carbons (Fsp3) is 0.500. The van der Waals surface area contributed by atoms with Crippen molar-refractivity contribution in [2.75, 3.05) is 26.0 Å². The quantitative estimate of drug-likeness (QED) is 0.872. The zero-order valence-electron chi connectivity index (χ0n) is 10.3. The molecule has 0 saturated carbocycles. The minimum absolute atomic E-state index is 0.200. The van der Waals surface area contributed by atoms with Gasteiger partial charge in [-0.3, -0.25) is 0 Å². The topological polar surface area (TPSA) is 78.6 Å². The van der Waals surface area contributed by atoms with E-state index in [9.17, 15) is 8.42 Å². The number of nitrogens with two attached hydrogens (primary N) is 1. The van der Waals surface area contributed by atoms with E-state index in [2.05, 4.69) is 0 Å². The smallest absolute Gasteiger partial charge is 0.207 e. The molecule has 0 aromatic heterocycles. The van der Waals surface area contributed by atoms with Gasteiger partial charge in [0, 0.05) is 11.8 Å². The zero-order valence-corrected chi connectivity index (χ0v) is 11.1. The van der Waals surface area contributed by atoms with Gasteiger partial charge in [-0.25, -0.2) is 8.42 Å². The maximum Gasteiger partial charge on any atom is 0.207 e. The fourth-order valence-electron chi connectivity index (χ4n) is 1.93. The monoisotopic (exact) mass is 271 g/mol. The van der Waals surface area contributed by atoms with Gasteiger partial charge in [-0.1, -0.05) is 12.1 Å². The van der Waals surface area contributed by atoms with Crippen LogP contribution in [0.5, 0.6) is 0 Å². The van der Waals surface area contributed by atoms with Gasteiger partial charge in [0.1, 0.15) is 0 Å². The average Bonchev–Trinajstić information content (AvgIpc) is 2.39. The maximum absolute atomic E-state index is 11.4. The van der Waals surface area contributed by atoms with E-state index in [-0.39, 0.29) is 11.4 Å². The summed E-state index contributed by atoms with van der Waals surface area (Å²) < 4.78 is 34.0. The van der Waals surface area contributed by atoms with E-state index in [0.29, 0.717) is 13.2 Å². The number of sulfone groups is 1. The second-order valence-electron chi connectivity index (χ2n) is 4.30. The molecule has 0 amide bonds. The first-order valence-electron chi connectivity index (χ1n) is 5.76. The van der Waals surface area contributed by atoms with Crippen molar-refractivity contribution in [1.82, 2.24) is 0 Å². The summed E-state index contributed by atoms with van der Waals surface area (Å²) in [6, 6.07) is 6.47. The molecule has 100 valence electrons. The summed E-state index contributed by atoms with van der Waals surface area (Å²) in [4.78, 5) is 0.272. The van der Waals surface area contributed by atoms with E-state index in [1.54, 1.807) is 24.3 Å². The lowest BCUT2D eigenvalue weighted by molar-refractivity contribution is -0.269. The third-order valence-electron chi connectivity index (χ3n) is 2.95. The molecule has 0 radical (unpaired) electrons. The Morgan fingerprint density at radius 1 is 1.22 bits per heavy atom. The first-order chi connectivity index (χ1) is 8.48. The summed E-state index contributed by atoms with van der Waals surface area (Å²) in [5.74, 6) is -0.936. The molecule has 1 heterocycles. The molecule has 0 atom stereocenters. The Bertz CT molecular complexity index is 503. The number of benzene rings is 1. The normalized spacial score (nSPS) is 19.7. The highest BCUT2D eigenvalue weighted by atomic mass is 32.2. The van der Waals surface area contributed by atoms with Gasteiger partial charge < -0.3 is 15.2 Å². The second kappa shape index (κ2) is 4.97. The summed E-state index contributed by atoms with van der Waals surface area (Å²) in [7, 11) is -3.19. The van der Waals surface area contributed by atoms with Gasteiger partial charge in [0.05, 0.1) is 24.7 Å². The molecule has 0 bridgehead atoms. The van der Waals surface area contributed by atoms with Gasteiger partial charge in [0.15, 0.2) is 9.84 Å². The van der Waals surface area contributed by atoms with Crippen LogP contribution in [0.3, 0.4) is 0 Å². The molecular formula is C12H17NO4S. The van der Waals surface area contributed by atoms with Crippen molar-refractivity contribution in [3.05, 3.63) is 29.8 Å². The molecule has 2 rings (SSSR count). The highest BCUT2D eigenvalue weighted by Crippen LogP contribution is 2.30. The molecule has 18 heavy (non-hydrogen) atoms.